The molecule has 1 atom stereocenters. The number of hydrogen-bond acceptors (Lipinski definition) is 5. The van der Waals surface area contributed by atoms with E-state index in [9.17, 15) is 14.4 Å². The van der Waals surface area contributed by atoms with Gasteiger partial charge in [-0.15, -0.1) is 0 Å². The maximum absolute atomic E-state index is 12.3. The van der Waals surface area contributed by atoms with E-state index >= 15 is 0 Å². The van der Waals surface area contributed by atoms with E-state index in [-0.39, 0.29) is 37.4 Å². The van der Waals surface area contributed by atoms with Gasteiger partial charge in [-0.25, -0.2) is 0 Å². The van der Waals surface area contributed by atoms with Crippen LogP contribution in [0.4, 0.5) is 5.69 Å². The van der Waals surface area contributed by atoms with Crippen molar-refractivity contribution in [1.82, 2.24) is 10.6 Å². The molecular formula is C20H19N3O5. The lowest BCUT2D eigenvalue weighted by atomic mass is 10.1. The SMILES string of the molecule is O=C(CCC1NC(=O)c2ccccc2NC1=O)NCc1ccc2c(c1)OCO2. The average Bonchev–Trinajstić information content (AvgIpc) is 3.13. The van der Waals surface area contributed by atoms with Crippen molar-refractivity contribution in [2.45, 2.75) is 25.4 Å². The average molecular weight is 381 g/mol. The first-order valence-electron chi connectivity index (χ1n) is 8.96. The second kappa shape index (κ2) is 7.59. The van der Waals surface area contributed by atoms with Crippen LogP contribution in [0.1, 0.15) is 28.8 Å². The summed E-state index contributed by atoms with van der Waals surface area (Å²) in [5, 5.41) is 8.22. The molecule has 2 aliphatic heterocycles. The lowest BCUT2D eigenvalue weighted by Gasteiger charge is -2.14. The predicted octanol–water partition coefficient (Wildman–Crippen LogP) is 1.56. The number of benzene rings is 2. The van der Waals surface area contributed by atoms with E-state index < -0.39 is 6.04 Å². The Morgan fingerprint density at radius 2 is 1.93 bits per heavy atom. The maximum atomic E-state index is 12.3. The van der Waals surface area contributed by atoms with Crippen molar-refractivity contribution in [2.24, 2.45) is 0 Å². The summed E-state index contributed by atoms with van der Waals surface area (Å²) in [5.74, 6) is 0.471. The third-order valence-corrected chi connectivity index (χ3v) is 4.64. The van der Waals surface area contributed by atoms with Crippen LogP contribution in [0.15, 0.2) is 42.5 Å². The first kappa shape index (κ1) is 17.8. The summed E-state index contributed by atoms with van der Waals surface area (Å²) < 4.78 is 10.6. The van der Waals surface area contributed by atoms with E-state index in [0.29, 0.717) is 29.3 Å². The number of carbonyl (C=O) groups excluding carboxylic acids is 3. The number of fused-ring (bicyclic) bond motifs is 2. The molecule has 8 nitrogen and oxygen atoms in total. The largest absolute Gasteiger partial charge is 0.454 e. The van der Waals surface area contributed by atoms with Crippen molar-refractivity contribution < 1.29 is 23.9 Å². The smallest absolute Gasteiger partial charge is 0.254 e. The molecule has 4 rings (SSSR count). The number of nitrogens with one attached hydrogen (secondary N) is 3. The zero-order valence-corrected chi connectivity index (χ0v) is 15.0. The molecule has 0 fully saturated rings. The van der Waals surface area contributed by atoms with Crippen LogP contribution in [0.3, 0.4) is 0 Å². The standard InChI is InChI=1S/C20H19N3O5/c24-18(21-10-12-5-7-16-17(9-12)28-11-27-16)8-6-15-20(26)22-14-4-2-1-3-13(14)19(25)23-15/h1-5,7,9,15H,6,8,10-11H2,(H,21,24)(H,22,26)(H,23,25). The molecular weight excluding hydrogens is 362 g/mol. The van der Waals surface area contributed by atoms with Gasteiger partial charge in [0.2, 0.25) is 18.6 Å². The molecule has 0 spiro atoms. The minimum absolute atomic E-state index is 0.110. The van der Waals surface area contributed by atoms with Gasteiger partial charge < -0.3 is 25.4 Å². The molecule has 3 amide bonds. The van der Waals surface area contributed by atoms with Gasteiger partial charge in [0, 0.05) is 13.0 Å². The molecule has 3 N–H and O–H groups in total. The summed E-state index contributed by atoms with van der Waals surface area (Å²) in [7, 11) is 0. The quantitative estimate of drug-likeness (QED) is 0.729. The summed E-state index contributed by atoms with van der Waals surface area (Å²) in [6.45, 7) is 0.536. The fourth-order valence-electron chi connectivity index (χ4n) is 3.13. The highest BCUT2D eigenvalue weighted by molar-refractivity contribution is 6.09. The second-order valence-corrected chi connectivity index (χ2v) is 6.56. The Bertz CT molecular complexity index is 943. The molecule has 0 aromatic heterocycles. The van der Waals surface area contributed by atoms with E-state index in [4.69, 9.17) is 9.47 Å². The minimum atomic E-state index is -0.767. The molecule has 0 saturated heterocycles. The van der Waals surface area contributed by atoms with E-state index in [1.165, 1.54) is 0 Å². The first-order valence-corrected chi connectivity index (χ1v) is 8.96. The van der Waals surface area contributed by atoms with Crippen molar-refractivity contribution in [3.63, 3.8) is 0 Å². The van der Waals surface area contributed by atoms with Crippen molar-refractivity contribution >= 4 is 23.4 Å². The molecule has 0 bridgehead atoms. The first-order chi connectivity index (χ1) is 13.6. The third kappa shape index (κ3) is 3.75. The summed E-state index contributed by atoms with van der Waals surface area (Å²) >= 11 is 0. The van der Waals surface area contributed by atoms with Gasteiger partial charge in [-0.2, -0.15) is 0 Å². The van der Waals surface area contributed by atoms with Gasteiger partial charge in [0.15, 0.2) is 11.5 Å². The van der Waals surface area contributed by atoms with Gasteiger partial charge in [-0.1, -0.05) is 18.2 Å². The highest BCUT2D eigenvalue weighted by atomic mass is 16.7. The lowest BCUT2D eigenvalue weighted by molar-refractivity contribution is -0.122. The van der Waals surface area contributed by atoms with Crippen LogP contribution >= 0.6 is 0 Å². The minimum Gasteiger partial charge on any atom is -0.454 e. The zero-order valence-electron chi connectivity index (χ0n) is 15.0. The molecule has 2 heterocycles. The number of amides is 3. The molecule has 2 aliphatic rings. The molecule has 2 aromatic carbocycles. The Balaban J connectivity index is 1.30. The van der Waals surface area contributed by atoms with Crippen LogP contribution in [0.2, 0.25) is 0 Å². The fraction of sp³-hybridized carbons (Fsp3) is 0.250. The molecule has 0 radical (unpaired) electrons. The Morgan fingerprint density at radius 3 is 2.82 bits per heavy atom. The Labute approximate surface area is 161 Å². The molecule has 144 valence electrons. The van der Waals surface area contributed by atoms with Crippen LogP contribution < -0.4 is 25.4 Å². The van der Waals surface area contributed by atoms with Crippen LogP contribution in [-0.2, 0) is 16.1 Å². The normalized spacial score (nSPS) is 17.2. The molecule has 1 unspecified atom stereocenters. The van der Waals surface area contributed by atoms with Crippen LogP contribution in [-0.4, -0.2) is 30.6 Å². The molecule has 0 saturated carbocycles. The summed E-state index contributed by atoms with van der Waals surface area (Å²) in [5.41, 5.74) is 1.76. The number of rotatable bonds is 5. The van der Waals surface area contributed by atoms with E-state index in [2.05, 4.69) is 16.0 Å². The number of anilines is 1. The van der Waals surface area contributed by atoms with Crippen molar-refractivity contribution in [1.29, 1.82) is 0 Å². The van der Waals surface area contributed by atoms with Gasteiger partial charge in [0.1, 0.15) is 6.04 Å². The van der Waals surface area contributed by atoms with Crippen molar-refractivity contribution in [3.05, 3.63) is 53.6 Å². The second-order valence-electron chi connectivity index (χ2n) is 6.56. The predicted molar refractivity (Wildman–Crippen MR) is 100.0 cm³/mol. The molecule has 8 heteroatoms. The Kier molecular flexibility index (Phi) is 4.84. The maximum Gasteiger partial charge on any atom is 0.254 e. The molecule has 28 heavy (non-hydrogen) atoms. The van der Waals surface area contributed by atoms with E-state index in [0.717, 1.165) is 5.56 Å². The van der Waals surface area contributed by atoms with E-state index in [1.54, 1.807) is 30.3 Å². The van der Waals surface area contributed by atoms with E-state index in [1.807, 2.05) is 12.1 Å². The lowest BCUT2D eigenvalue weighted by Crippen LogP contribution is -2.42. The Hall–Kier alpha value is -3.55. The highest BCUT2D eigenvalue weighted by Crippen LogP contribution is 2.32. The zero-order chi connectivity index (χ0) is 19.5. The number of ether oxygens (including phenoxy) is 2. The van der Waals surface area contributed by atoms with Gasteiger partial charge in [-0.3, -0.25) is 14.4 Å². The number of para-hydroxylation sites is 1. The topological polar surface area (TPSA) is 106 Å². The monoisotopic (exact) mass is 381 g/mol. The molecule has 2 aromatic rings. The van der Waals surface area contributed by atoms with Crippen LogP contribution in [0.25, 0.3) is 0 Å². The molecule has 0 aliphatic carbocycles. The van der Waals surface area contributed by atoms with Gasteiger partial charge in [0.05, 0.1) is 11.3 Å². The van der Waals surface area contributed by atoms with Gasteiger partial charge >= 0.3 is 0 Å². The van der Waals surface area contributed by atoms with Crippen LogP contribution in [0.5, 0.6) is 11.5 Å². The van der Waals surface area contributed by atoms with Gasteiger partial charge in [0.25, 0.3) is 5.91 Å². The van der Waals surface area contributed by atoms with Crippen molar-refractivity contribution in [2.75, 3.05) is 12.1 Å². The Morgan fingerprint density at radius 1 is 1.11 bits per heavy atom. The third-order valence-electron chi connectivity index (χ3n) is 4.64. The van der Waals surface area contributed by atoms with Gasteiger partial charge in [-0.05, 0) is 36.2 Å². The fourth-order valence-corrected chi connectivity index (χ4v) is 3.13. The van der Waals surface area contributed by atoms with Crippen LogP contribution in [0, 0.1) is 0 Å². The highest BCUT2D eigenvalue weighted by Gasteiger charge is 2.27. The summed E-state index contributed by atoms with van der Waals surface area (Å²) in [6, 6.07) is 11.5. The summed E-state index contributed by atoms with van der Waals surface area (Å²) in [6.07, 6.45) is 0.317. The summed E-state index contributed by atoms with van der Waals surface area (Å²) in [4.78, 5) is 36.8. The number of carbonyl (C=O) groups is 3. The number of hydrogen-bond donors (Lipinski definition) is 3. The van der Waals surface area contributed by atoms with Crippen molar-refractivity contribution in [3.8, 4) is 11.5 Å².